The first-order valence-corrected chi connectivity index (χ1v) is 6.51. The fourth-order valence-electron chi connectivity index (χ4n) is 2.38. The molecule has 84 valence electrons. The van der Waals surface area contributed by atoms with Gasteiger partial charge >= 0.3 is 0 Å². The second-order valence-electron chi connectivity index (χ2n) is 4.36. The monoisotopic (exact) mass is 279 g/mol. The lowest BCUT2D eigenvalue weighted by Crippen LogP contribution is -2.17. The molecular weight excluding hydrogens is 266 g/mol. The normalized spacial score (nSPS) is 17.3. The number of furan rings is 1. The van der Waals surface area contributed by atoms with E-state index in [1.54, 1.807) is 0 Å². The molecule has 1 aromatic carbocycles. The van der Waals surface area contributed by atoms with Crippen molar-refractivity contribution in [3.8, 4) is 0 Å². The van der Waals surface area contributed by atoms with E-state index in [4.69, 9.17) is 4.42 Å². The number of para-hydroxylation sites is 1. The first-order valence-electron chi connectivity index (χ1n) is 5.71. The summed E-state index contributed by atoms with van der Waals surface area (Å²) in [6.07, 6.45) is 4.56. The van der Waals surface area contributed by atoms with Crippen LogP contribution in [0.5, 0.6) is 0 Å². The van der Waals surface area contributed by atoms with Crippen LogP contribution in [0.2, 0.25) is 0 Å². The molecule has 1 aliphatic rings. The molecule has 0 spiro atoms. The Hall–Kier alpha value is -0.800. The van der Waals surface area contributed by atoms with Crippen molar-refractivity contribution in [1.82, 2.24) is 4.90 Å². The molecule has 0 bridgehead atoms. The molecule has 2 aromatic rings. The van der Waals surface area contributed by atoms with E-state index in [1.807, 2.05) is 12.3 Å². The van der Waals surface area contributed by atoms with Gasteiger partial charge in [0.15, 0.2) is 0 Å². The Kier molecular flexibility index (Phi) is 2.74. The third-order valence-corrected chi connectivity index (χ3v) is 3.85. The molecule has 2 nitrogen and oxygen atoms in total. The highest BCUT2D eigenvalue weighted by molar-refractivity contribution is 9.10. The van der Waals surface area contributed by atoms with Gasteiger partial charge < -0.3 is 4.42 Å². The molecule has 0 aliphatic carbocycles. The molecule has 1 aromatic heterocycles. The van der Waals surface area contributed by atoms with Crippen molar-refractivity contribution >= 4 is 26.9 Å². The van der Waals surface area contributed by atoms with Crippen LogP contribution in [-0.2, 0) is 6.54 Å². The molecule has 0 N–H and O–H groups in total. The number of halogens is 1. The number of nitrogens with zero attached hydrogens (tertiary/aromatic N) is 1. The molecule has 1 saturated heterocycles. The topological polar surface area (TPSA) is 16.4 Å². The van der Waals surface area contributed by atoms with Crippen LogP contribution in [0.3, 0.4) is 0 Å². The largest absolute Gasteiger partial charge is 0.463 e. The van der Waals surface area contributed by atoms with E-state index < -0.39 is 0 Å². The minimum atomic E-state index is 0.969. The van der Waals surface area contributed by atoms with Crippen molar-refractivity contribution in [1.29, 1.82) is 0 Å². The van der Waals surface area contributed by atoms with E-state index in [-0.39, 0.29) is 0 Å². The number of benzene rings is 1. The van der Waals surface area contributed by atoms with Gasteiger partial charge in [-0.25, -0.2) is 0 Å². The summed E-state index contributed by atoms with van der Waals surface area (Å²) in [6.45, 7) is 3.46. The Balaban J connectivity index is 1.94. The van der Waals surface area contributed by atoms with Crippen molar-refractivity contribution in [3.05, 3.63) is 34.5 Å². The molecule has 2 heterocycles. The highest BCUT2D eigenvalue weighted by atomic mass is 79.9. The molecule has 0 unspecified atom stereocenters. The molecule has 0 radical (unpaired) electrons. The first-order chi connectivity index (χ1) is 7.84. The summed E-state index contributed by atoms with van der Waals surface area (Å²) >= 11 is 3.52. The Morgan fingerprint density at radius 1 is 1.25 bits per heavy atom. The Bertz CT molecular complexity index is 500. The average molecular weight is 280 g/mol. The molecular formula is C13H14BrNO. The van der Waals surface area contributed by atoms with Gasteiger partial charge in [-0.2, -0.15) is 0 Å². The predicted molar refractivity (Wildman–Crippen MR) is 68.4 cm³/mol. The van der Waals surface area contributed by atoms with Crippen LogP contribution in [0.4, 0.5) is 0 Å². The number of hydrogen-bond acceptors (Lipinski definition) is 2. The van der Waals surface area contributed by atoms with Crippen LogP contribution in [0.15, 0.2) is 33.4 Å². The standard InChI is InChI=1S/C13H14BrNO/c14-12-5-3-4-11-10(9-16-13(11)12)8-15-6-1-2-7-15/h3-5,9H,1-2,6-8H2. The zero-order valence-corrected chi connectivity index (χ0v) is 10.7. The maximum Gasteiger partial charge on any atom is 0.148 e. The maximum absolute atomic E-state index is 5.62. The molecule has 3 heteroatoms. The summed E-state index contributed by atoms with van der Waals surface area (Å²) in [4.78, 5) is 2.49. The zero-order valence-electron chi connectivity index (χ0n) is 9.08. The number of likely N-dealkylation sites (tertiary alicyclic amines) is 1. The van der Waals surface area contributed by atoms with E-state index in [0.29, 0.717) is 0 Å². The minimum Gasteiger partial charge on any atom is -0.463 e. The fraction of sp³-hybridized carbons (Fsp3) is 0.385. The minimum absolute atomic E-state index is 0.969. The number of hydrogen-bond donors (Lipinski definition) is 0. The van der Waals surface area contributed by atoms with Gasteiger partial charge in [-0.1, -0.05) is 12.1 Å². The van der Waals surface area contributed by atoms with Gasteiger partial charge in [-0.3, -0.25) is 4.90 Å². The summed E-state index contributed by atoms with van der Waals surface area (Å²) < 4.78 is 6.66. The van der Waals surface area contributed by atoms with Gasteiger partial charge in [0.2, 0.25) is 0 Å². The van der Waals surface area contributed by atoms with Crippen LogP contribution in [0, 0.1) is 0 Å². The highest BCUT2D eigenvalue weighted by Crippen LogP contribution is 2.29. The van der Waals surface area contributed by atoms with E-state index in [1.165, 1.54) is 36.9 Å². The molecule has 0 atom stereocenters. The fourth-order valence-corrected chi connectivity index (χ4v) is 2.84. The third-order valence-electron chi connectivity index (χ3n) is 3.22. The molecule has 16 heavy (non-hydrogen) atoms. The molecule has 1 fully saturated rings. The molecule has 0 saturated carbocycles. The van der Waals surface area contributed by atoms with Gasteiger partial charge in [-0.05, 0) is 47.9 Å². The van der Waals surface area contributed by atoms with Gasteiger partial charge in [-0.15, -0.1) is 0 Å². The van der Waals surface area contributed by atoms with E-state index >= 15 is 0 Å². The van der Waals surface area contributed by atoms with Crippen molar-refractivity contribution < 1.29 is 4.42 Å². The molecule has 0 amide bonds. The van der Waals surface area contributed by atoms with Gasteiger partial charge in [0.25, 0.3) is 0 Å². The van der Waals surface area contributed by atoms with Crippen LogP contribution in [0.1, 0.15) is 18.4 Å². The Morgan fingerprint density at radius 2 is 2.06 bits per heavy atom. The summed E-state index contributed by atoms with van der Waals surface area (Å²) in [6, 6.07) is 6.22. The van der Waals surface area contributed by atoms with Crippen molar-refractivity contribution in [2.75, 3.05) is 13.1 Å². The van der Waals surface area contributed by atoms with Crippen molar-refractivity contribution in [2.45, 2.75) is 19.4 Å². The van der Waals surface area contributed by atoms with Gasteiger partial charge in [0, 0.05) is 17.5 Å². The second kappa shape index (κ2) is 4.22. The van der Waals surface area contributed by atoms with E-state index in [9.17, 15) is 0 Å². The maximum atomic E-state index is 5.62. The quantitative estimate of drug-likeness (QED) is 0.832. The average Bonchev–Trinajstić information content (AvgIpc) is 2.90. The highest BCUT2D eigenvalue weighted by Gasteiger charge is 2.15. The smallest absolute Gasteiger partial charge is 0.148 e. The summed E-state index contributed by atoms with van der Waals surface area (Å²) in [5, 5.41) is 1.24. The molecule has 3 rings (SSSR count). The summed E-state index contributed by atoms with van der Waals surface area (Å²) in [5.41, 5.74) is 2.27. The zero-order chi connectivity index (χ0) is 11.0. The Labute approximate surface area is 103 Å². The van der Waals surface area contributed by atoms with Crippen LogP contribution in [-0.4, -0.2) is 18.0 Å². The first kappa shape index (κ1) is 10.4. The number of fused-ring (bicyclic) bond motifs is 1. The van der Waals surface area contributed by atoms with Gasteiger partial charge in [0.05, 0.1) is 10.7 Å². The van der Waals surface area contributed by atoms with Crippen molar-refractivity contribution in [2.24, 2.45) is 0 Å². The SMILES string of the molecule is Brc1cccc2c(CN3CCCC3)coc12. The van der Waals surface area contributed by atoms with E-state index in [2.05, 4.69) is 33.0 Å². The van der Waals surface area contributed by atoms with Crippen LogP contribution in [0.25, 0.3) is 11.0 Å². The predicted octanol–water partition coefficient (Wildman–Crippen LogP) is 3.79. The lowest BCUT2D eigenvalue weighted by molar-refractivity contribution is 0.331. The Morgan fingerprint density at radius 3 is 2.88 bits per heavy atom. The van der Waals surface area contributed by atoms with Crippen LogP contribution < -0.4 is 0 Å². The second-order valence-corrected chi connectivity index (χ2v) is 5.22. The lowest BCUT2D eigenvalue weighted by atomic mass is 10.2. The summed E-state index contributed by atoms with van der Waals surface area (Å²) in [5.74, 6) is 0. The third kappa shape index (κ3) is 1.78. The van der Waals surface area contributed by atoms with Gasteiger partial charge in [0.1, 0.15) is 5.58 Å². The van der Waals surface area contributed by atoms with E-state index in [0.717, 1.165) is 16.6 Å². The number of rotatable bonds is 2. The lowest BCUT2D eigenvalue weighted by Gasteiger charge is -2.12. The van der Waals surface area contributed by atoms with Crippen LogP contribution >= 0.6 is 15.9 Å². The van der Waals surface area contributed by atoms with Crippen molar-refractivity contribution in [3.63, 3.8) is 0 Å². The molecule has 1 aliphatic heterocycles. The summed E-state index contributed by atoms with van der Waals surface area (Å²) in [7, 11) is 0.